The minimum absolute atomic E-state index is 0.133. The second kappa shape index (κ2) is 6.29. The zero-order chi connectivity index (χ0) is 13.7. The second-order valence-corrected chi connectivity index (χ2v) is 4.33. The number of rotatable bonds is 5. The highest BCUT2D eigenvalue weighted by atomic mass is 19.1. The molecule has 4 heteroatoms. The Hall–Kier alpha value is -1.94. The standard InChI is InChI=1S/C15H17FN2O/c1-11(12-6-8-13(16)9-7-12)17-10-14-4-3-5-15(18-14)19-2/h3-9,11,17H,10H2,1-2H3. The quantitative estimate of drug-likeness (QED) is 0.897. The minimum Gasteiger partial charge on any atom is -0.481 e. The molecule has 1 heterocycles. The van der Waals surface area contributed by atoms with Crippen LogP contribution < -0.4 is 10.1 Å². The van der Waals surface area contributed by atoms with E-state index >= 15 is 0 Å². The van der Waals surface area contributed by atoms with E-state index in [-0.39, 0.29) is 11.9 Å². The van der Waals surface area contributed by atoms with Gasteiger partial charge in [0.1, 0.15) is 5.82 Å². The monoisotopic (exact) mass is 260 g/mol. The van der Waals surface area contributed by atoms with Crippen molar-refractivity contribution in [2.45, 2.75) is 19.5 Å². The summed E-state index contributed by atoms with van der Waals surface area (Å²) in [6, 6.07) is 12.3. The van der Waals surface area contributed by atoms with Gasteiger partial charge in [0.25, 0.3) is 0 Å². The summed E-state index contributed by atoms with van der Waals surface area (Å²) in [6.45, 7) is 2.67. The van der Waals surface area contributed by atoms with E-state index in [0.29, 0.717) is 12.4 Å². The third-order valence-corrected chi connectivity index (χ3v) is 2.95. The second-order valence-electron chi connectivity index (χ2n) is 4.33. The van der Waals surface area contributed by atoms with Crippen LogP contribution in [0.4, 0.5) is 4.39 Å². The molecule has 0 aliphatic rings. The minimum atomic E-state index is -0.217. The Bertz CT molecular complexity index is 528. The maximum Gasteiger partial charge on any atom is 0.213 e. The van der Waals surface area contributed by atoms with E-state index in [4.69, 9.17) is 4.74 Å². The molecule has 0 bridgehead atoms. The zero-order valence-corrected chi connectivity index (χ0v) is 11.1. The molecule has 0 amide bonds. The van der Waals surface area contributed by atoms with Crippen molar-refractivity contribution in [3.05, 3.63) is 59.5 Å². The molecule has 1 unspecified atom stereocenters. The fourth-order valence-corrected chi connectivity index (χ4v) is 1.80. The number of halogens is 1. The molecule has 0 radical (unpaired) electrons. The van der Waals surface area contributed by atoms with Crippen molar-refractivity contribution in [3.63, 3.8) is 0 Å². The number of aromatic nitrogens is 1. The molecule has 19 heavy (non-hydrogen) atoms. The van der Waals surface area contributed by atoms with Crippen molar-refractivity contribution in [1.29, 1.82) is 0 Å². The van der Waals surface area contributed by atoms with Crippen LogP contribution in [0.2, 0.25) is 0 Å². The van der Waals surface area contributed by atoms with Crippen LogP contribution in [0.25, 0.3) is 0 Å². The summed E-state index contributed by atoms with van der Waals surface area (Å²) in [5, 5.41) is 3.35. The molecule has 0 aliphatic heterocycles. The molecule has 2 rings (SSSR count). The first-order valence-corrected chi connectivity index (χ1v) is 6.18. The predicted molar refractivity (Wildman–Crippen MR) is 72.4 cm³/mol. The van der Waals surface area contributed by atoms with Gasteiger partial charge in [0.2, 0.25) is 5.88 Å². The smallest absolute Gasteiger partial charge is 0.213 e. The van der Waals surface area contributed by atoms with Crippen molar-refractivity contribution in [1.82, 2.24) is 10.3 Å². The summed E-state index contributed by atoms with van der Waals surface area (Å²) in [7, 11) is 1.60. The first kappa shape index (κ1) is 13.5. The summed E-state index contributed by atoms with van der Waals surface area (Å²) in [6.07, 6.45) is 0. The maximum absolute atomic E-state index is 12.8. The van der Waals surface area contributed by atoms with Crippen molar-refractivity contribution in [2.24, 2.45) is 0 Å². The van der Waals surface area contributed by atoms with E-state index in [1.807, 2.05) is 25.1 Å². The van der Waals surface area contributed by atoms with E-state index in [1.165, 1.54) is 12.1 Å². The van der Waals surface area contributed by atoms with Crippen LogP contribution in [0.1, 0.15) is 24.2 Å². The Kier molecular flexibility index (Phi) is 4.47. The van der Waals surface area contributed by atoms with Gasteiger partial charge < -0.3 is 10.1 Å². The topological polar surface area (TPSA) is 34.1 Å². The Morgan fingerprint density at radius 2 is 1.95 bits per heavy atom. The summed E-state index contributed by atoms with van der Waals surface area (Å²) in [5.41, 5.74) is 1.96. The number of ether oxygens (including phenoxy) is 1. The molecule has 1 aromatic heterocycles. The number of nitrogens with zero attached hydrogens (tertiary/aromatic N) is 1. The lowest BCUT2D eigenvalue weighted by molar-refractivity contribution is 0.395. The van der Waals surface area contributed by atoms with Crippen molar-refractivity contribution >= 4 is 0 Å². The fraction of sp³-hybridized carbons (Fsp3) is 0.267. The first-order chi connectivity index (χ1) is 9.19. The van der Waals surface area contributed by atoms with Crippen LogP contribution in [0.5, 0.6) is 5.88 Å². The molecule has 0 fully saturated rings. The number of hydrogen-bond donors (Lipinski definition) is 1. The van der Waals surface area contributed by atoms with Gasteiger partial charge in [0, 0.05) is 18.7 Å². The first-order valence-electron chi connectivity index (χ1n) is 6.18. The predicted octanol–water partition coefficient (Wildman–Crippen LogP) is 3.08. The van der Waals surface area contributed by atoms with Gasteiger partial charge in [-0.2, -0.15) is 0 Å². The number of benzene rings is 1. The molecule has 0 saturated carbocycles. The Labute approximate surface area is 112 Å². The number of methoxy groups -OCH3 is 1. The summed E-state index contributed by atoms with van der Waals surface area (Å²) < 4.78 is 17.9. The Morgan fingerprint density at radius 1 is 1.21 bits per heavy atom. The van der Waals surface area contributed by atoms with Gasteiger partial charge >= 0.3 is 0 Å². The lowest BCUT2D eigenvalue weighted by atomic mass is 10.1. The molecule has 2 aromatic rings. The number of nitrogens with one attached hydrogen (secondary N) is 1. The van der Waals surface area contributed by atoms with Crippen LogP contribution in [-0.4, -0.2) is 12.1 Å². The van der Waals surface area contributed by atoms with Crippen molar-refractivity contribution in [2.75, 3.05) is 7.11 Å². The van der Waals surface area contributed by atoms with Crippen LogP contribution in [0.3, 0.4) is 0 Å². The molecular formula is C15H17FN2O. The van der Waals surface area contributed by atoms with Gasteiger partial charge in [-0.15, -0.1) is 0 Å². The average Bonchev–Trinajstić information content (AvgIpc) is 2.46. The highest BCUT2D eigenvalue weighted by Crippen LogP contribution is 2.14. The molecule has 1 aromatic carbocycles. The summed E-state index contributed by atoms with van der Waals surface area (Å²) in [5.74, 6) is 0.388. The maximum atomic E-state index is 12.8. The summed E-state index contributed by atoms with van der Waals surface area (Å²) in [4.78, 5) is 4.33. The molecule has 1 N–H and O–H groups in total. The van der Waals surface area contributed by atoms with E-state index < -0.39 is 0 Å². The van der Waals surface area contributed by atoms with Crippen molar-refractivity contribution < 1.29 is 9.13 Å². The lowest BCUT2D eigenvalue weighted by Crippen LogP contribution is -2.18. The van der Waals surface area contributed by atoms with Gasteiger partial charge in [-0.1, -0.05) is 18.2 Å². The van der Waals surface area contributed by atoms with Crippen LogP contribution in [-0.2, 0) is 6.54 Å². The van der Waals surface area contributed by atoms with Gasteiger partial charge in [0.05, 0.1) is 12.8 Å². The molecule has 0 saturated heterocycles. The van der Waals surface area contributed by atoms with Gasteiger partial charge in [-0.25, -0.2) is 9.37 Å². The third-order valence-electron chi connectivity index (χ3n) is 2.95. The highest BCUT2D eigenvalue weighted by Gasteiger charge is 2.05. The molecular weight excluding hydrogens is 243 g/mol. The number of pyridine rings is 1. The molecule has 1 atom stereocenters. The summed E-state index contributed by atoms with van der Waals surface area (Å²) >= 11 is 0. The SMILES string of the molecule is COc1cccc(CNC(C)c2ccc(F)cc2)n1. The Balaban J connectivity index is 1.96. The van der Waals surface area contributed by atoms with E-state index in [0.717, 1.165) is 11.3 Å². The van der Waals surface area contributed by atoms with Crippen molar-refractivity contribution in [3.8, 4) is 5.88 Å². The molecule has 0 spiro atoms. The highest BCUT2D eigenvalue weighted by molar-refractivity contribution is 5.20. The van der Waals surface area contributed by atoms with E-state index in [1.54, 1.807) is 19.2 Å². The largest absolute Gasteiger partial charge is 0.481 e. The lowest BCUT2D eigenvalue weighted by Gasteiger charge is -2.14. The van der Waals surface area contributed by atoms with E-state index in [2.05, 4.69) is 10.3 Å². The van der Waals surface area contributed by atoms with Crippen LogP contribution >= 0.6 is 0 Å². The van der Waals surface area contributed by atoms with E-state index in [9.17, 15) is 4.39 Å². The fourth-order valence-electron chi connectivity index (χ4n) is 1.80. The molecule has 3 nitrogen and oxygen atoms in total. The van der Waals surface area contributed by atoms with Gasteiger partial charge in [-0.3, -0.25) is 0 Å². The Morgan fingerprint density at radius 3 is 2.63 bits per heavy atom. The number of hydrogen-bond acceptors (Lipinski definition) is 3. The third kappa shape index (κ3) is 3.76. The molecule has 100 valence electrons. The zero-order valence-electron chi connectivity index (χ0n) is 11.1. The normalized spacial score (nSPS) is 12.2. The van der Waals surface area contributed by atoms with Gasteiger partial charge in [-0.05, 0) is 30.7 Å². The van der Waals surface area contributed by atoms with Gasteiger partial charge in [0.15, 0.2) is 0 Å². The average molecular weight is 260 g/mol. The van der Waals surface area contributed by atoms with Crippen LogP contribution in [0.15, 0.2) is 42.5 Å². The van der Waals surface area contributed by atoms with Crippen LogP contribution in [0, 0.1) is 5.82 Å². The molecule has 0 aliphatic carbocycles.